The normalized spacial score (nSPS) is 10.4. The molecule has 16 heavy (non-hydrogen) atoms. The summed E-state index contributed by atoms with van der Waals surface area (Å²) in [6.07, 6.45) is 2.48. The number of amides is 1. The van der Waals surface area contributed by atoms with Gasteiger partial charge in [0, 0.05) is 12.7 Å². The van der Waals surface area contributed by atoms with Crippen LogP contribution in [0.1, 0.15) is 16.8 Å². The highest BCUT2D eigenvalue weighted by atomic mass is 16.1. The summed E-state index contributed by atoms with van der Waals surface area (Å²) in [5, 5.41) is 2.81. The van der Waals surface area contributed by atoms with Crippen molar-refractivity contribution in [2.24, 2.45) is 0 Å². The van der Waals surface area contributed by atoms with E-state index in [2.05, 4.69) is 15.2 Å². The Labute approximate surface area is 95.7 Å². The molecular formula is C11H18N4O. The minimum absolute atomic E-state index is 0.163. The molecule has 0 saturated heterocycles. The van der Waals surface area contributed by atoms with Gasteiger partial charge in [-0.05, 0) is 39.2 Å². The van der Waals surface area contributed by atoms with Crippen LogP contribution in [0.25, 0.3) is 0 Å². The summed E-state index contributed by atoms with van der Waals surface area (Å²) in [5.74, 6) is 0.108. The van der Waals surface area contributed by atoms with E-state index in [9.17, 15) is 4.79 Å². The van der Waals surface area contributed by atoms with Crippen LogP contribution in [0.3, 0.4) is 0 Å². The average molecular weight is 222 g/mol. The number of carbonyl (C=O) groups excluding carboxylic acids is 1. The lowest BCUT2D eigenvalue weighted by Gasteiger charge is -2.10. The van der Waals surface area contributed by atoms with Crippen LogP contribution >= 0.6 is 0 Å². The maximum absolute atomic E-state index is 11.7. The van der Waals surface area contributed by atoms with Crippen LogP contribution in [-0.2, 0) is 0 Å². The first kappa shape index (κ1) is 12.4. The molecule has 0 fully saturated rings. The van der Waals surface area contributed by atoms with Gasteiger partial charge in [0.1, 0.15) is 5.82 Å². The maximum atomic E-state index is 11.7. The summed E-state index contributed by atoms with van der Waals surface area (Å²) < 4.78 is 0. The smallest absolute Gasteiger partial charge is 0.255 e. The summed E-state index contributed by atoms with van der Waals surface area (Å²) in [6.45, 7) is 1.59. The molecule has 0 bridgehead atoms. The first-order chi connectivity index (χ1) is 7.61. The molecule has 88 valence electrons. The first-order valence-corrected chi connectivity index (χ1v) is 5.24. The second kappa shape index (κ2) is 6.07. The number of nitrogens with zero attached hydrogens (tertiary/aromatic N) is 2. The molecule has 0 unspecified atom stereocenters. The van der Waals surface area contributed by atoms with Crippen molar-refractivity contribution >= 4 is 11.7 Å². The highest BCUT2D eigenvalue weighted by Crippen LogP contribution is 2.05. The molecule has 0 aliphatic rings. The van der Waals surface area contributed by atoms with Crippen molar-refractivity contribution in [3.05, 3.63) is 23.9 Å². The molecule has 1 aromatic rings. The van der Waals surface area contributed by atoms with E-state index in [0.29, 0.717) is 12.1 Å². The Bertz CT molecular complexity index is 352. The van der Waals surface area contributed by atoms with Crippen LogP contribution in [0.15, 0.2) is 18.3 Å². The zero-order valence-electron chi connectivity index (χ0n) is 9.73. The maximum Gasteiger partial charge on any atom is 0.255 e. The molecule has 3 N–H and O–H groups in total. The van der Waals surface area contributed by atoms with E-state index in [0.717, 1.165) is 13.0 Å². The lowest BCUT2D eigenvalue weighted by Crippen LogP contribution is -2.27. The van der Waals surface area contributed by atoms with Gasteiger partial charge < -0.3 is 16.0 Å². The minimum Gasteiger partial charge on any atom is -0.383 e. The summed E-state index contributed by atoms with van der Waals surface area (Å²) in [6, 6.07) is 3.37. The minimum atomic E-state index is -0.163. The van der Waals surface area contributed by atoms with Crippen LogP contribution < -0.4 is 11.1 Å². The number of rotatable bonds is 5. The van der Waals surface area contributed by atoms with Gasteiger partial charge in [-0.15, -0.1) is 0 Å². The number of pyridine rings is 1. The number of nitrogen functional groups attached to an aromatic ring is 1. The van der Waals surface area contributed by atoms with Crippen molar-refractivity contribution in [2.75, 3.05) is 32.9 Å². The van der Waals surface area contributed by atoms with Gasteiger partial charge in [-0.3, -0.25) is 4.79 Å². The Kier molecular flexibility index (Phi) is 4.72. The number of hydrogen-bond acceptors (Lipinski definition) is 4. The zero-order valence-corrected chi connectivity index (χ0v) is 9.73. The summed E-state index contributed by atoms with van der Waals surface area (Å²) >= 11 is 0. The Balaban J connectivity index is 2.39. The molecule has 0 atom stereocenters. The quantitative estimate of drug-likeness (QED) is 0.705. The number of carbonyl (C=O) groups is 1. The Morgan fingerprint density at radius 1 is 1.56 bits per heavy atom. The molecule has 0 aromatic carbocycles. The predicted molar refractivity (Wildman–Crippen MR) is 64.2 cm³/mol. The number of anilines is 1. The monoisotopic (exact) mass is 222 g/mol. The van der Waals surface area contributed by atoms with Gasteiger partial charge in [0.25, 0.3) is 5.91 Å². The standard InChI is InChI=1S/C11H18N4O/c1-15(2)8-4-7-14-11(16)9-5-3-6-13-10(9)12/h3,5-6H,4,7-8H2,1-2H3,(H2,12,13)(H,14,16). The fourth-order valence-electron chi connectivity index (χ4n) is 1.30. The summed E-state index contributed by atoms with van der Waals surface area (Å²) in [4.78, 5) is 17.6. The highest BCUT2D eigenvalue weighted by molar-refractivity contribution is 5.98. The summed E-state index contributed by atoms with van der Waals surface area (Å²) in [7, 11) is 4.00. The third-order valence-electron chi connectivity index (χ3n) is 2.15. The highest BCUT2D eigenvalue weighted by Gasteiger charge is 2.08. The first-order valence-electron chi connectivity index (χ1n) is 5.24. The molecule has 1 heterocycles. The lowest BCUT2D eigenvalue weighted by molar-refractivity contribution is 0.0953. The van der Waals surface area contributed by atoms with E-state index in [4.69, 9.17) is 5.73 Å². The Morgan fingerprint density at radius 2 is 2.31 bits per heavy atom. The number of nitrogens with two attached hydrogens (primary N) is 1. The second-order valence-electron chi connectivity index (χ2n) is 3.85. The van der Waals surface area contributed by atoms with Gasteiger partial charge in [0.05, 0.1) is 5.56 Å². The van der Waals surface area contributed by atoms with E-state index in [1.807, 2.05) is 14.1 Å². The fraction of sp³-hybridized carbons (Fsp3) is 0.455. The molecule has 0 aliphatic carbocycles. The number of aromatic nitrogens is 1. The lowest BCUT2D eigenvalue weighted by atomic mass is 10.2. The Hall–Kier alpha value is -1.62. The molecule has 5 heteroatoms. The molecule has 0 aliphatic heterocycles. The van der Waals surface area contributed by atoms with Crippen molar-refractivity contribution in [1.29, 1.82) is 0 Å². The average Bonchev–Trinajstić information content (AvgIpc) is 2.24. The number of nitrogens with one attached hydrogen (secondary N) is 1. The molecule has 0 radical (unpaired) electrons. The zero-order chi connectivity index (χ0) is 12.0. The van der Waals surface area contributed by atoms with Gasteiger partial charge in [-0.1, -0.05) is 0 Å². The van der Waals surface area contributed by atoms with Crippen LogP contribution in [0.5, 0.6) is 0 Å². The summed E-state index contributed by atoms with van der Waals surface area (Å²) in [5.41, 5.74) is 6.03. The van der Waals surface area contributed by atoms with Crippen molar-refractivity contribution in [1.82, 2.24) is 15.2 Å². The van der Waals surface area contributed by atoms with Crippen LogP contribution in [0, 0.1) is 0 Å². The third-order valence-corrected chi connectivity index (χ3v) is 2.15. The Morgan fingerprint density at radius 3 is 2.94 bits per heavy atom. The van der Waals surface area contributed by atoms with Crippen LogP contribution in [-0.4, -0.2) is 43.0 Å². The van der Waals surface area contributed by atoms with Gasteiger partial charge in [0.15, 0.2) is 0 Å². The van der Waals surface area contributed by atoms with Gasteiger partial charge >= 0.3 is 0 Å². The topological polar surface area (TPSA) is 71.2 Å². The SMILES string of the molecule is CN(C)CCCNC(=O)c1cccnc1N. The van der Waals surface area contributed by atoms with E-state index in [1.165, 1.54) is 0 Å². The van der Waals surface area contributed by atoms with Crippen LogP contribution in [0.4, 0.5) is 5.82 Å². The molecule has 5 nitrogen and oxygen atoms in total. The molecule has 0 saturated carbocycles. The van der Waals surface area contributed by atoms with Crippen molar-refractivity contribution < 1.29 is 4.79 Å². The van der Waals surface area contributed by atoms with E-state index < -0.39 is 0 Å². The third kappa shape index (κ3) is 3.86. The molecule has 0 spiro atoms. The largest absolute Gasteiger partial charge is 0.383 e. The van der Waals surface area contributed by atoms with E-state index >= 15 is 0 Å². The molecule has 1 amide bonds. The van der Waals surface area contributed by atoms with Crippen molar-refractivity contribution in [3.8, 4) is 0 Å². The number of hydrogen-bond donors (Lipinski definition) is 2. The van der Waals surface area contributed by atoms with Crippen molar-refractivity contribution in [2.45, 2.75) is 6.42 Å². The predicted octanol–water partition coefficient (Wildman–Crippen LogP) is 0.345. The molecular weight excluding hydrogens is 204 g/mol. The van der Waals surface area contributed by atoms with Crippen molar-refractivity contribution in [3.63, 3.8) is 0 Å². The van der Waals surface area contributed by atoms with E-state index in [1.54, 1.807) is 18.3 Å². The van der Waals surface area contributed by atoms with Gasteiger partial charge in [-0.2, -0.15) is 0 Å². The fourth-order valence-corrected chi connectivity index (χ4v) is 1.30. The molecule has 1 rings (SSSR count). The van der Waals surface area contributed by atoms with E-state index in [-0.39, 0.29) is 11.7 Å². The second-order valence-corrected chi connectivity index (χ2v) is 3.85. The van der Waals surface area contributed by atoms with Crippen LogP contribution in [0.2, 0.25) is 0 Å². The molecule has 1 aromatic heterocycles. The van der Waals surface area contributed by atoms with Gasteiger partial charge in [-0.25, -0.2) is 4.98 Å². The van der Waals surface area contributed by atoms with Gasteiger partial charge in [0.2, 0.25) is 0 Å².